The Bertz CT molecular complexity index is 1170. The zero-order chi connectivity index (χ0) is 19.1. The van der Waals surface area contributed by atoms with E-state index in [-0.39, 0.29) is 5.91 Å². The summed E-state index contributed by atoms with van der Waals surface area (Å²) in [5, 5.41) is 7.59. The number of hydrogen-bond acceptors (Lipinski definition) is 3. The Labute approximate surface area is 158 Å². The summed E-state index contributed by atoms with van der Waals surface area (Å²) < 4.78 is 2.22. The summed E-state index contributed by atoms with van der Waals surface area (Å²) in [7, 11) is 6.08. The molecule has 0 unspecified atom stereocenters. The van der Waals surface area contributed by atoms with Crippen LogP contribution in [0.25, 0.3) is 32.6 Å². The molecule has 0 fully saturated rings. The Balaban J connectivity index is 1.85. The van der Waals surface area contributed by atoms with Crippen LogP contribution < -0.4 is 5.32 Å². The average molecular weight is 360 g/mol. The number of likely N-dealkylation sites (N-methyl/N-ethyl adjacent to an activating group) is 1. The number of amides is 1. The number of benzene rings is 2. The highest BCUT2D eigenvalue weighted by molar-refractivity contribution is 6.15. The molecule has 0 saturated heterocycles. The largest absolute Gasteiger partial charge is 0.351 e. The third kappa shape index (κ3) is 2.94. The van der Waals surface area contributed by atoms with Crippen LogP contribution in [0.1, 0.15) is 15.9 Å². The maximum absolute atomic E-state index is 12.5. The van der Waals surface area contributed by atoms with Gasteiger partial charge in [-0.3, -0.25) is 9.78 Å². The van der Waals surface area contributed by atoms with Gasteiger partial charge in [0.2, 0.25) is 0 Å². The van der Waals surface area contributed by atoms with Gasteiger partial charge in [0.25, 0.3) is 5.91 Å². The molecular formula is C22H24N4O. The molecule has 5 nitrogen and oxygen atoms in total. The molecule has 2 aromatic heterocycles. The number of nitrogens with zero attached hydrogens (tertiary/aromatic N) is 3. The first-order valence-corrected chi connectivity index (χ1v) is 9.16. The molecule has 0 aliphatic heterocycles. The van der Waals surface area contributed by atoms with Gasteiger partial charge >= 0.3 is 0 Å². The number of carbonyl (C=O) groups is 1. The molecule has 4 aromatic rings. The number of aromatic nitrogens is 2. The lowest BCUT2D eigenvalue weighted by Gasteiger charge is -2.10. The first-order valence-electron chi connectivity index (χ1n) is 9.16. The molecule has 0 aliphatic rings. The summed E-state index contributed by atoms with van der Waals surface area (Å²) >= 11 is 0. The van der Waals surface area contributed by atoms with Gasteiger partial charge in [-0.25, -0.2) is 0 Å². The van der Waals surface area contributed by atoms with E-state index in [4.69, 9.17) is 0 Å². The molecule has 5 heteroatoms. The Morgan fingerprint density at radius 2 is 1.96 bits per heavy atom. The van der Waals surface area contributed by atoms with Crippen molar-refractivity contribution in [1.29, 1.82) is 0 Å². The normalized spacial score (nSPS) is 11.7. The molecule has 0 atom stereocenters. The lowest BCUT2D eigenvalue weighted by molar-refractivity contribution is 0.0951. The van der Waals surface area contributed by atoms with Gasteiger partial charge in [-0.15, -0.1) is 0 Å². The van der Waals surface area contributed by atoms with Gasteiger partial charge in [0, 0.05) is 59.8 Å². The fourth-order valence-electron chi connectivity index (χ4n) is 3.86. The summed E-state index contributed by atoms with van der Waals surface area (Å²) in [4.78, 5) is 18.9. The monoisotopic (exact) mass is 360 g/mol. The van der Waals surface area contributed by atoms with Crippen molar-refractivity contribution in [3.05, 3.63) is 53.9 Å². The third-order valence-corrected chi connectivity index (χ3v) is 5.26. The molecule has 0 radical (unpaired) electrons. The minimum Gasteiger partial charge on any atom is -0.351 e. The Kier molecular flexibility index (Phi) is 4.32. The highest BCUT2D eigenvalue weighted by atomic mass is 16.1. The second-order valence-electron chi connectivity index (χ2n) is 7.34. The van der Waals surface area contributed by atoms with Crippen LogP contribution in [-0.2, 0) is 7.05 Å². The van der Waals surface area contributed by atoms with E-state index < -0.39 is 0 Å². The van der Waals surface area contributed by atoms with Crippen molar-refractivity contribution in [1.82, 2.24) is 19.8 Å². The predicted molar refractivity (Wildman–Crippen MR) is 111 cm³/mol. The van der Waals surface area contributed by atoms with E-state index in [0.717, 1.165) is 28.2 Å². The lowest BCUT2D eigenvalue weighted by Crippen LogP contribution is -2.31. The Morgan fingerprint density at radius 1 is 1.15 bits per heavy atom. The number of aryl methyl sites for hydroxylation is 2. The number of hydrogen-bond donors (Lipinski definition) is 1. The van der Waals surface area contributed by atoms with Crippen molar-refractivity contribution in [2.75, 3.05) is 27.2 Å². The number of nitrogens with one attached hydrogen (secondary N) is 1. The van der Waals surface area contributed by atoms with E-state index in [2.05, 4.69) is 45.9 Å². The van der Waals surface area contributed by atoms with E-state index in [0.29, 0.717) is 12.1 Å². The molecule has 0 spiro atoms. The number of carbonyl (C=O) groups excluding carboxylic acids is 1. The molecule has 2 heterocycles. The van der Waals surface area contributed by atoms with Crippen molar-refractivity contribution < 1.29 is 4.79 Å². The van der Waals surface area contributed by atoms with E-state index in [9.17, 15) is 4.79 Å². The molecule has 0 bridgehead atoms. The zero-order valence-corrected chi connectivity index (χ0v) is 16.2. The third-order valence-electron chi connectivity index (χ3n) is 5.26. The lowest BCUT2D eigenvalue weighted by atomic mass is 10.0. The molecule has 138 valence electrons. The van der Waals surface area contributed by atoms with Crippen LogP contribution in [0.15, 0.2) is 42.7 Å². The first-order chi connectivity index (χ1) is 13.0. The first kappa shape index (κ1) is 17.5. The van der Waals surface area contributed by atoms with E-state index in [1.54, 1.807) is 0 Å². The van der Waals surface area contributed by atoms with Crippen molar-refractivity contribution in [3.8, 4) is 0 Å². The van der Waals surface area contributed by atoms with Crippen LogP contribution in [0.4, 0.5) is 0 Å². The van der Waals surface area contributed by atoms with Crippen LogP contribution >= 0.6 is 0 Å². The molecule has 1 N–H and O–H groups in total. The predicted octanol–water partition coefficient (Wildman–Crippen LogP) is 3.48. The van der Waals surface area contributed by atoms with Gasteiger partial charge in [0.1, 0.15) is 0 Å². The van der Waals surface area contributed by atoms with E-state index in [1.807, 2.05) is 44.7 Å². The number of rotatable bonds is 4. The highest BCUT2D eigenvalue weighted by Crippen LogP contribution is 2.35. The molecule has 27 heavy (non-hydrogen) atoms. The summed E-state index contributed by atoms with van der Waals surface area (Å²) in [5.74, 6) is -0.0325. The summed E-state index contributed by atoms with van der Waals surface area (Å²) in [5.41, 5.74) is 4.26. The van der Waals surface area contributed by atoms with Crippen LogP contribution in [0.5, 0.6) is 0 Å². The van der Waals surface area contributed by atoms with Crippen LogP contribution in [-0.4, -0.2) is 47.5 Å². The quantitative estimate of drug-likeness (QED) is 0.606. The maximum atomic E-state index is 12.5. The smallest absolute Gasteiger partial charge is 0.251 e. The van der Waals surface area contributed by atoms with Gasteiger partial charge in [-0.05, 0) is 62.3 Å². The van der Waals surface area contributed by atoms with Gasteiger partial charge in [0.05, 0.1) is 5.52 Å². The van der Waals surface area contributed by atoms with Crippen LogP contribution in [0.2, 0.25) is 0 Å². The van der Waals surface area contributed by atoms with E-state index >= 15 is 0 Å². The molecule has 0 saturated carbocycles. The highest BCUT2D eigenvalue weighted by Gasteiger charge is 2.15. The van der Waals surface area contributed by atoms with Crippen molar-refractivity contribution in [3.63, 3.8) is 0 Å². The van der Waals surface area contributed by atoms with Gasteiger partial charge < -0.3 is 14.8 Å². The summed E-state index contributed by atoms with van der Waals surface area (Å²) in [6.45, 7) is 3.60. The SMILES string of the molecule is Cc1c2ccncc2cc2c3cc(C(=O)NCCN(C)C)ccc3n(C)c12. The van der Waals surface area contributed by atoms with E-state index in [1.165, 1.54) is 16.5 Å². The minimum atomic E-state index is -0.0325. The Hall–Kier alpha value is -2.92. The zero-order valence-electron chi connectivity index (χ0n) is 16.2. The number of pyridine rings is 1. The van der Waals surface area contributed by atoms with Crippen molar-refractivity contribution in [2.45, 2.75) is 6.92 Å². The van der Waals surface area contributed by atoms with Crippen molar-refractivity contribution in [2.24, 2.45) is 7.05 Å². The Morgan fingerprint density at radius 3 is 2.74 bits per heavy atom. The summed E-state index contributed by atoms with van der Waals surface area (Å²) in [6, 6.07) is 10.2. The van der Waals surface area contributed by atoms with Gasteiger partial charge in [-0.1, -0.05) is 0 Å². The second kappa shape index (κ2) is 6.67. The fraction of sp³-hybridized carbons (Fsp3) is 0.273. The molecule has 2 aromatic carbocycles. The molecule has 1 amide bonds. The topological polar surface area (TPSA) is 50.2 Å². The molecular weight excluding hydrogens is 336 g/mol. The van der Waals surface area contributed by atoms with Gasteiger partial charge in [-0.2, -0.15) is 0 Å². The standard InChI is InChI=1S/C22H24N4O/c1-14-17-7-8-23-13-16(17)12-19-18-11-15(22(27)24-9-10-25(2)3)5-6-20(18)26(4)21(14)19/h5-8,11-13H,9-10H2,1-4H3,(H,24,27). The van der Waals surface area contributed by atoms with Gasteiger partial charge in [0.15, 0.2) is 0 Å². The second-order valence-corrected chi connectivity index (χ2v) is 7.34. The summed E-state index contributed by atoms with van der Waals surface area (Å²) in [6.07, 6.45) is 3.73. The number of fused-ring (bicyclic) bond motifs is 4. The molecule has 0 aliphatic carbocycles. The van der Waals surface area contributed by atoms with Crippen molar-refractivity contribution >= 4 is 38.5 Å². The van der Waals surface area contributed by atoms with Crippen LogP contribution in [0, 0.1) is 6.92 Å². The maximum Gasteiger partial charge on any atom is 0.251 e. The van der Waals surface area contributed by atoms with Crippen LogP contribution in [0.3, 0.4) is 0 Å². The fourth-order valence-corrected chi connectivity index (χ4v) is 3.86. The molecule has 4 rings (SSSR count). The average Bonchev–Trinajstić information content (AvgIpc) is 2.93. The minimum absolute atomic E-state index is 0.0325.